The van der Waals surface area contributed by atoms with Crippen molar-refractivity contribution in [1.82, 2.24) is 25.0 Å². The van der Waals surface area contributed by atoms with Crippen LogP contribution in [0.5, 0.6) is 0 Å². The van der Waals surface area contributed by atoms with Crippen LogP contribution in [0.15, 0.2) is 60.0 Å². The molecule has 0 aliphatic heterocycles. The first-order chi connectivity index (χ1) is 14.8. The molecule has 2 amide bonds. The zero-order valence-corrected chi connectivity index (χ0v) is 19.0. The highest BCUT2D eigenvalue weighted by Gasteiger charge is 2.14. The standard InChI is InChI=1S/C23H27N5O2S/c1-16(2)27(4)22(30)19-9-7-18(8-10-19)13-24-21(29)14-31-23-26-25-15-28(23)20-11-5-17(3)6-12-20/h5-12,15-16H,13-14H2,1-4H3,(H,24,29). The topological polar surface area (TPSA) is 80.1 Å². The molecule has 0 radical (unpaired) electrons. The maximum atomic E-state index is 12.3. The summed E-state index contributed by atoms with van der Waals surface area (Å²) >= 11 is 1.34. The zero-order valence-electron chi connectivity index (χ0n) is 18.2. The van der Waals surface area contributed by atoms with E-state index in [-0.39, 0.29) is 23.6 Å². The molecule has 31 heavy (non-hydrogen) atoms. The van der Waals surface area contributed by atoms with Gasteiger partial charge in [-0.25, -0.2) is 0 Å². The van der Waals surface area contributed by atoms with Gasteiger partial charge in [0.15, 0.2) is 5.16 Å². The van der Waals surface area contributed by atoms with Gasteiger partial charge in [0.2, 0.25) is 5.91 Å². The zero-order chi connectivity index (χ0) is 22.4. The molecule has 0 fully saturated rings. The summed E-state index contributed by atoms with van der Waals surface area (Å²) in [6, 6.07) is 15.5. The Kier molecular flexibility index (Phi) is 7.46. The van der Waals surface area contributed by atoms with Gasteiger partial charge in [0, 0.05) is 30.9 Å². The molecule has 162 valence electrons. The van der Waals surface area contributed by atoms with E-state index in [1.165, 1.54) is 17.3 Å². The molecule has 3 rings (SSSR count). The lowest BCUT2D eigenvalue weighted by atomic mass is 10.1. The molecule has 1 N–H and O–H groups in total. The smallest absolute Gasteiger partial charge is 0.253 e. The Bertz CT molecular complexity index is 1030. The number of thioether (sulfide) groups is 1. The van der Waals surface area contributed by atoms with Crippen molar-refractivity contribution in [2.24, 2.45) is 0 Å². The van der Waals surface area contributed by atoms with Crippen molar-refractivity contribution in [3.05, 3.63) is 71.5 Å². The molecule has 0 unspecified atom stereocenters. The highest BCUT2D eigenvalue weighted by molar-refractivity contribution is 7.99. The Labute approximate surface area is 186 Å². The predicted molar refractivity (Wildman–Crippen MR) is 122 cm³/mol. The Balaban J connectivity index is 1.51. The fourth-order valence-electron chi connectivity index (χ4n) is 2.79. The quantitative estimate of drug-likeness (QED) is 0.546. The Morgan fingerprint density at radius 3 is 2.42 bits per heavy atom. The molecule has 0 aliphatic carbocycles. The minimum Gasteiger partial charge on any atom is -0.351 e. The monoisotopic (exact) mass is 437 g/mol. The fraction of sp³-hybridized carbons (Fsp3) is 0.304. The first-order valence-electron chi connectivity index (χ1n) is 10.1. The van der Waals surface area contributed by atoms with E-state index in [0.29, 0.717) is 17.3 Å². The second-order valence-corrected chi connectivity index (χ2v) is 8.53. The van der Waals surface area contributed by atoms with E-state index >= 15 is 0 Å². The first-order valence-corrected chi connectivity index (χ1v) is 11.1. The number of hydrogen-bond acceptors (Lipinski definition) is 5. The number of nitrogens with zero attached hydrogens (tertiary/aromatic N) is 4. The van der Waals surface area contributed by atoms with Crippen molar-refractivity contribution in [3.8, 4) is 5.69 Å². The summed E-state index contributed by atoms with van der Waals surface area (Å²) in [5.74, 6) is 0.128. The number of rotatable bonds is 8. The van der Waals surface area contributed by atoms with E-state index < -0.39 is 0 Å². The third-order valence-electron chi connectivity index (χ3n) is 4.95. The number of carbonyl (C=O) groups excluding carboxylic acids is 2. The van der Waals surface area contributed by atoms with Crippen LogP contribution in [0, 0.1) is 6.92 Å². The maximum Gasteiger partial charge on any atom is 0.253 e. The van der Waals surface area contributed by atoms with Crippen molar-refractivity contribution in [2.45, 2.75) is 38.5 Å². The van der Waals surface area contributed by atoms with Gasteiger partial charge in [0.05, 0.1) is 5.75 Å². The number of nitrogens with one attached hydrogen (secondary N) is 1. The number of aromatic nitrogens is 3. The number of hydrogen-bond donors (Lipinski definition) is 1. The van der Waals surface area contributed by atoms with E-state index in [1.54, 1.807) is 30.4 Å². The number of aryl methyl sites for hydroxylation is 1. The van der Waals surface area contributed by atoms with Gasteiger partial charge in [-0.3, -0.25) is 14.2 Å². The van der Waals surface area contributed by atoms with Crippen molar-refractivity contribution in [1.29, 1.82) is 0 Å². The molecule has 2 aromatic carbocycles. The molecule has 0 saturated carbocycles. The van der Waals surface area contributed by atoms with Crippen molar-refractivity contribution < 1.29 is 9.59 Å². The van der Waals surface area contributed by atoms with E-state index in [0.717, 1.165) is 11.3 Å². The molecule has 0 saturated heterocycles. The SMILES string of the molecule is Cc1ccc(-n2cnnc2SCC(=O)NCc2ccc(C(=O)N(C)C(C)C)cc2)cc1. The number of benzene rings is 2. The maximum absolute atomic E-state index is 12.3. The summed E-state index contributed by atoms with van der Waals surface area (Å²) in [5, 5.41) is 11.7. The number of carbonyl (C=O) groups is 2. The van der Waals surface area contributed by atoms with Crippen LogP contribution in [0.3, 0.4) is 0 Å². The lowest BCUT2D eigenvalue weighted by Gasteiger charge is -2.21. The molecular weight excluding hydrogens is 410 g/mol. The highest BCUT2D eigenvalue weighted by Crippen LogP contribution is 2.19. The molecule has 0 aliphatic rings. The van der Waals surface area contributed by atoms with Crippen LogP contribution in [-0.4, -0.2) is 50.3 Å². The van der Waals surface area contributed by atoms with Gasteiger partial charge in [-0.15, -0.1) is 10.2 Å². The van der Waals surface area contributed by atoms with Gasteiger partial charge in [-0.2, -0.15) is 0 Å². The second-order valence-electron chi connectivity index (χ2n) is 7.59. The minimum atomic E-state index is -0.0943. The summed E-state index contributed by atoms with van der Waals surface area (Å²) in [6.07, 6.45) is 1.64. The summed E-state index contributed by atoms with van der Waals surface area (Å²) in [6.45, 7) is 6.39. The lowest BCUT2D eigenvalue weighted by molar-refractivity contribution is -0.118. The Hall–Kier alpha value is -3.13. The van der Waals surface area contributed by atoms with E-state index in [9.17, 15) is 9.59 Å². The molecule has 7 nitrogen and oxygen atoms in total. The van der Waals surface area contributed by atoms with Crippen LogP contribution in [-0.2, 0) is 11.3 Å². The van der Waals surface area contributed by atoms with Gasteiger partial charge in [0.1, 0.15) is 6.33 Å². The summed E-state index contributed by atoms with van der Waals surface area (Å²) in [7, 11) is 1.79. The molecule has 0 bridgehead atoms. The van der Waals surface area contributed by atoms with Gasteiger partial charge < -0.3 is 10.2 Å². The summed E-state index contributed by atoms with van der Waals surface area (Å²) in [5.41, 5.74) is 3.70. The fourth-order valence-corrected chi connectivity index (χ4v) is 3.55. The normalized spacial score (nSPS) is 10.9. The molecular formula is C23H27N5O2S. The van der Waals surface area contributed by atoms with Crippen LogP contribution >= 0.6 is 11.8 Å². The van der Waals surface area contributed by atoms with E-state index in [4.69, 9.17) is 0 Å². The lowest BCUT2D eigenvalue weighted by Crippen LogP contribution is -2.32. The van der Waals surface area contributed by atoms with Crippen molar-refractivity contribution in [2.75, 3.05) is 12.8 Å². The van der Waals surface area contributed by atoms with Gasteiger partial charge in [0.25, 0.3) is 5.91 Å². The molecule has 1 heterocycles. The van der Waals surface area contributed by atoms with Crippen LogP contribution < -0.4 is 5.32 Å². The molecule has 0 spiro atoms. The summed E-state index contributed by atoms with van der Waals surface area (Å²) < 4.78 is 1.86. The third-order valence-corrected chi connectivity index (χ3v) is 5.89. The van der Waals surface area contributed by atoms with Crippen LogP contribution in [0.4, 0.5) is 0 Å². The molecule has 8 heteroatoms. The van der Waals surface area contributed by atoms with Crippen LogP contribution in [0.1, 0.15) is 35.3 Å². The largest absolute Gasteiger partial charge is 0.351 e. The molecule has 1 aromatic heterocycles. The Morgan fingerprint density at radius 2 is 1.77 bits per heavy atom. The highest BCUT2D eigenvalue weighted by atomic mass is 32.2. The van der Waals surface area contributed by atoms with E-state index in [2.05, 4.69) is 15.5 Å². The molecule has 0 atom stereocenters. The van der Waals surface area contributed by atoms with Crippen molar-refractivity contribution in [3.63, 3.8) is 0 Å². The average Bonchev–Trinajstić information content (AvgIpc) is 3.24. The number of amides is 2. The summed E-state index contributed by atoms with van der Waals surface area (Å²) in [4.78, 5) is 26.3. The van der Waals surface area contributed by atoms with Crippen molar-refractivity contribution >= 4 is 23.6 Å². The van der Waals surface area contributed by atoms with Gasteiger partial charge >= 0.3 is 0 Å². The second kappa shape index (κ2) is 10.3. The van der Waals surface area contributed by atoms with Crippen LogP contribution in [0.2, 0.25) is 0 Å². The van der Waals surface area contributed by atoms with Gasteiger partial charge in [-0.1, -0.05) is 41.6 Å². The van der Waals surface area contributed by atoms with Gasteiger partial charge in [-0.05, 0) is 50.6 Å². The van der Waals surface area contributed by atoms with E-state index in [1.807, 2.05) is 61.7 Å². The predicted octanol–water partition coefficient (Wildman–Crippen LogP) is 3.46. The molecule has 3 aromatic rings. The average molecular weight is 438 g/mol. The minimum absolute atomic E-state index is 0.0142. The first kappa shape index (κ1) is 22.6. The Morgan fingerprint density at radius 1 is 1.10 bits per heavy atom. The van der Waals surface area contributed by atoms with Crippen LogP contribution in [0.25, 0.3) is 5.69 Å². The third kappa shape index (κ3) is 5.95.